The Morgan fingerprint density at radius 1 is 1.46 bits per heavy atom. The highest BCUT2D eigenvalue weighted by Crippen LogP contribution is 2.26. The maximum absolute atomic E-state index is 12.6. The molecule has 140 valence electrons. The molecule has 0 bridgehead atoms. The molecule has 2 aromatic heterocycles. The molecule has 0 spiro atoms. The summed E-state index contributed by atoms with van der Waals surface area (Å²) >= 11 is 0. The average molecular weight is 358 g/mol. The molecule has 1 atom stereocenters. The summed E-state index contributed by atoms with van der Waals surface area (Å²) in [5, 5.41) is 14.1. The topological polar surface area (TPSA) is 86.5 Å². The zero-order valence-corrected chi connectivity index (χ0v) is 15.5. The number of carbonyl (C=O) groups is 1. The summed E-state index contributed by atoms with van der Waals surface area (Å²) in [5.74, 6) is 1.42. The number of nitrogens with one attached hydrogen (secondary N) is 1. The van der Waals surface area contributed by atoms with Gasteiger partial charge in [-0.3, -0.25) is 4.79 Å². The van der Waals surface area contributed by atoms with Crippen molar-refractivity contribution in [3.63, 3.8) is 0 Å². The standard InChI is InChI=1S/C18H26N6O2/c1-19-15-10-16(21-13-20-15)24-9-5-7-18(26,12-24)11-23(3)17(25)14-6-4-8-22(14)2/h4,6,8,10,13,26H,5,7,9,11-12H2,1-3H3,(H,19,20,21). The van der Waals surface area contributed by atoms with Gasteiger partial charge in [0.15, 0.2) is 0 Å². The molecule has 2 aromatic rings. The van der Waals surface area contributed by atoms with Gasteiger partial charge in [-0.2, -0.15) is 0 Å². The third-order valence-electron chi connectivity index (χ3n) is 4.83. The molecule has 1 saturated heterocycles. The Bertz CT molecular complexity index is 777. The van der Waals surface area contributed by atoms with Crippen molar-refractivity contribution in [3.05, 3.63) is 36.4 Å². The Balaban J connectivity index is 1.70. The number of piperidine rings is 1. The Hall–Kier alpha value is -2.61. The second-order valence-corrected chi connectivity index (χ2v) is 6.93. The van der Waals surface area contributed by atoms with Gasteiger partial charge in [0.2, 0.25) is 0 Å². The number of anilines is 2. The molecule has 2 N–H and O–H groups in total. The van der Waals surface area contributed by atoms with Crippen LogP contribution >= 0.6 is 0 Å². The normalized spacial score (nSPS) is 20.1. The Labute approximate surface area is 153 Å². The zero-order chi connectivity index (χ0) is 18.7. The average Bonchev–Trinajstić information content (AvgIpc) is 3.06. The second kappa shape index (κ2) is 7.33. The van der Waals surface area contributed by atoms with Crippen LogP contribution in [-0.2, 0) is 7.05 Å². The number of rotatable bonds is 5. The van der Waals surface area contributed by atoms with Crippen molar-refractivity contribution in [3.8, 4) is 0 Å². The summed E-state index contributed by atoms with van der Waals surface area (Å²) in [7, 11) is 5.38. The number of amides is 1. The molecular formula is C18H26N6O2. The van der Waals surface area contributed by atoms with Gasteiger partial charge >= 0.3 is 0 Å². The highest BCUT2D eigenvalue weighted by atomic mass is 16.3. The van der Waals surface area contributed by atoms with E-state index in [1.54, 1.807) is 22.6 Å². The summed E-state index contributed by atoms with van der Waals surface area (Å²) in [6.07, 6.45) is 4.84. The Morgan fingerprint density at radius 3 is 2.96 bits per heavy atom. The van der Waals surface area contributed by atoms with Gasteiger partial charge in [-0.15, -0.1) is 0 Å². The van der Waals surface area contributed by atoms with Crippen LogP contribution in [0.5, 0.6) is 0 Å². The van der Waals surface area contributed by atoms with E-state index in [-0.39, 0.29) is 12.5 Å². The van der Waals surface area contributed by atoms with Crippen molar-refractivity contribution in [1.29, 1.82) is 0 Å². The molecule has 0 aromatic carbocycles. The molecule has 0 saturated carbocycles. The molecule has 1 aliphatic rings. The third kappa shape index (κ3) is 3.80. The van der Waals surface area contributed by atoms with Crippen molar-refractivity contribution in [2.75, 3.05) is 43.9 Å². The number of β-amino-alcohol motifs (C(OH)–C–C–N with tert-alkyl or cyclic N) is 1. The van der Waals surface area contributed by atoms with Crippen LogP contribution in [0.15, 0.2) is 30.7 Å². The van der Waals surface area contributed by atoms with Crippen molar-refractivity contribution in [2.24, 2.45) is 7.05 Å². The summed E-state index contributed by atoms with van der Waals surface area (Å²) in [6.45, 7) is 1.52. The van der Waals surface area contributed by atoms with E-state index in [9.17, 15) is 9.90 Å². The van der Waals surface area contributed by atoms with Crippen LogP contribution in [0.25, 0.3) is 0 Å². The summed E-state index contributed by atoms with van der Waals surface area (Å²) in [6, 6.07) is 5.49. The molecule has 26 heavy (non-hydrogen) atoms. The second-order valence-electron chi connectivity index (χ2n) is 6.93. The van der Waals surface area contributed by atoms with Gasteiger partial charge in [-0.05, 0) is 25.0 Å². The number of likely N-dealkylation sites (N-methyl/N-ethyl adjacent to an activating group) is 1. The number of hydrogen-bond donors (Lipinski definition) is 2. The number of aliphatic hydroxyl groups is 1. The minimum absolute atomic E-state index is 0.0949. The van der Waals surface area contributed by atoms with Gasteiger partial charge in [0.05, 0.1) is 12.1 Å². The van der Waals surface area contributed by atoms with Crippen LogP contribution in [0.4, 0.5) is 11.6 Å². The fraction of sp³-hybridized carbons (Fsp3) is 0.500. The first-order valence-corrected chi connectivity index (χ1v) is 8.76. The van der Waals surface area contributed by atoms with Gasteiger partial charge < -0.3 is 24.8 Å². The first-order chi connectivity index (χ1) is 12.4. The SMILES string of the molecule is CNc1cc(N2CCCC(O)(CN(C)C(=O)c3cccn3C)C2)ncn1. The molecule has 0 radical (unpaired) electrons. The lowest BCUT2D eigenvalue weighted by Gasteiger charge is -2.41. The lowest BCUT2D eigenvalue weighted by molar-refractivity contribution is -0.000373. The van der Waals surface area contributed by atoms with E-state index in [4.69, 9.17) is 0 Å². The number of aromatic nitrogens is 3. The molecule has 1 amide bonds. The van der Waals surface area contributed by atoms with Crippen molar-refractivity contribution >= 4 is 17.5 Å². The van der Waals surface area contributed by atoms with E-state index < -0.39 is 5.60 Å². The molecular weight excluding hydrogens is 332 g/mol. The van der Waals surface area contributed by atoms with Crippen LogP contribution in [0, 0.1) is 0 Å². The van der Waals surface area contributed by atoms with E-state index in [2.05, 4.69) is 15.3 Å². The van der Waals surface area contributed by atoms with E-state index in [0.717, 1.165) is 24.6 Å². The number of nitrogens with zero attached hydrogens (tertiary/aromatic N) is 5. The quantitative estimate of drug-likeness (QED) is 0.828. The van der Waals surface area contributed by atoms with Crippen LogP contribution in [0.1, 0.15) is 23.3 Å². The highest BCUT2D eigenvalue weighted by molar-refractivity contribution is 5.92. The monoisotopic (exact) mass is 358 g/mol. The molecule has 1 unspecified atom stereocenters. The molecule has 1 aliphatic heterocycles. The maximum atomic E-state index is 12.6. The van der Waals surface area contributed by atoms with Gasteiger partial charge in [0, 0.05) is 46.5 Å². The van der Waals surface area contributed by atoms with Gasteiger partial charge in [0.1, 0.15) is 23.7 Å². The first-order valence-electron chi connectivity index (χ1n) is 8.76. The molecule has 0 aliphatic carbocycles. The number of hydrogen-bond acceptors (Lipinski definition) is 6. The lowest BCUT2D eigenvalue weighted by Crippen LogP contribution is -2.55. The highest BCUT2D eigenvalue weighted by Gasteiger charge is 2.36. The summed E-state index contributed by atoms with van der Waals surface area (Å²) in [5.41, 5.74) is -0.364. The van der Waals surface area contributed by atoms with E-state index >= 15 is 0 Å². The first kappa shape index (κ1) is 18.2. The molecule has 8 heteroatoms. The molecule has 1 fully saturated rings. The molecule has 3 rings (SSSR count). The predicted octanol–water partition coefficient (Wildman–Crippen LogP) is 0.960. The van der Waals surface area contributed by atoms with Gasteiger partial charge in [0.25, 0.3) is 5.91 Å². The third-order valence-corrected chi connectivity index (χ3v) is 4.83. The van der Waals surface area contributed by atoms with E-state index in [1.807, 2.05) is 37.3 Å². The van der Waals surface area contributed by atoms with Gasteiger partial charge in [-0.1, -0.05) is 0 Å². The van der Waals surface area contributed by atoms with Gasteiger partial charge in [-0.25, -0.2) is 9.97 Å². The number of carbonyl (C=O) groups excluding carboxylic acids is 1. The zero-order valence-electron chi connectivity index (χ0n) is 15.5. The smallest absolute Gasteiger partial charge is 0.270 e. The van der Waals surface area contributed by atoms with Crippen molar-refractivity contribution < 1.29 is 9.90 Å². The predicted molar refractivity (Wildman–Crippen MR) is 100 cm³/mol. The van der Waals surface area contributed by atoms with Crippen LogP contribution in [0.2, 0.25) is 0 Å². The van der Waals surface area contributed by atoms with Crippen LogP contribution in [-0.4, -0.2) is 69.8 Å². The fourth-order valence-electron chi connectivity index (χ4n) is 3.49. The molecule has 8 nitrogen and oxygen atoms in total. The lowest BCUT2D eigenvalue weighted by atomic mass is 9.92. The Morgan fingerprint density at radius 2 is 2.27 bits per heavy atom. The van der Waals surface area contributed by atoms with Crippen LogP contribution < -0.4 is 10.2 Å². The van der Waals surface area contributed by atoms with Crippen molar-refractivity contribution in [2.45, 2.75) is 18.4 Å². The maximum Gasteiger partial charge on any atom is 0.270 e. The number of aryl methyl sites for hydroxylation is 1. The minimum Gasteiger partial charge on any atom is -0.386 e. The minimum atomic E-state index is -0.974. The largest absolute Gasteiger partial charge is 0.386 e. The fourth-order valence-corrected chi connectivity index (χ4v) is 3.49. The van der Waals surface area contributed by atoms with E-state index in [1.165, 1.54) is 6.33 Å². The van der Waals surface area contributed by atoms with Crippen LogP contribution in [0.3, 0.4) is 0 Å². The van der Waals surface area contributed by atoms with E-state index in [0.29, 0.717) is 18.7 Å². The molecule has 3 heterocycles. The summed E-state index contributed by atoms with van der Waals surface area (Å²) in [4.78, 5) is 24.7. The van der Waals surface area contributed by atoms with Crippen molar-refractivity contribution in [1.82, 2.24) is 19.4 Å². The Kier molecular flexibility index (Phi) is 5.13. The summed E-state index contributed by atoms with van der Waals surface area (Å²) < 4.78 is 1.79.